The van der Waals surface area contributed by atoms with Gasteiger partial charge in [0.2, 0.25) is 0 Å². The summed E-state index contributed by atoms with van der Waals surface area (Å²) in [6.07, 6.45) is 7.03. The largest absolute Gasteiger partial charge is 0.443 e. The molecule has 24 heavy (non-hydrogen) atoms. The number of carbonyl (C=O) groups is 1. The fraction of sp³-hybridized carbons (Fsp3) is 0.500. The van der Waals surface area contributed by atoms with Gasteiger partial charge in [-0.25, -0.2) is 4.79 Å². The van der Waals surface area contributed by atoms with Crippen LogP contribution in [0.4, 0.5) is 4.79 Å². The average molecular weight is 390 g/mol. The number of amides is 1. The Morgan fingerprint density at radius 2 is 2.25 bits per heavy atom. The second kappa shape index (κ2) is 5.89. The first-order valence-corrected chi connectivity index (χ1v) is 8.77. The lowest BCUT2D eigenvalue weighted by Gasteiger charge is -2.41. The van der Waals surface area contributed by atoms with Gasteiger partial charge in [-0.2, -0.15) is 5.26 Å². The molecule has 0 aromatic carbocycles. The van der Waals surface area contributed by atoms with Crippen molar-refractivity contribution < 1.29 is 9.53 Å². The molecule has 1 fully saturated rings. The number of piperidine rings is 1. The number of carbonyl (C=O) groups excluding carboxylic acids is 1. The van der Waals surface area contributed by atoms with E-state index in [1.807, 2.05) is 26.8 Å². The third-order valence-corrected chi connectivity index (χ3v) is 4.86. The van der Waals surface area contributed by atoms with Gasteiger partial charge in [-0.1, -0.05) is 6.08 Å². The molecule has 3 rings (SSSR count). The molecule has 0 N–H and O–H groups in total. The van der Waals surface area contributed by atoms with E-state index in [1.54, 1.807) is 17.3 Å². The molecule has 2 atom stereocenters. The lowest BCUT2D eigenvalue weighted by Crippen LogP contribution is -2.48. The second-order valence-electron chi connectivity index (χ2n) is 7.40. The molecule has 0 spiro atoms. The van der Waals surface area contributed by atoms with Crippen molar-refractivity contribution in [2.45, 2.75) is 57.1 Å². The maximum atomic E-state index is 12.5. The minimum absolute atomic E-state index is 0.0396. The highest BCUT2D eigenvalue weighted by molar-refractivity contribution is 9.10. The van der Waals surface area contributed by atoms with Crippen molar-refractivity contribution in [1.82, 2.24) is 9.88 Å². The van der Waals surface area contributed by atoms with E-state index in [-0.39, 0.29) is 12.1 Å². The molecule has 2 bridgehead atoms. The minimum atomic E-state index is -0.651. The molecular weight excluding hydrogens is 370 g/mol. The minimum Gasteiger partial charge on any atom is -0.443 e. The molecule has 2 aliphatic rings. The Kier molecular flexibility index (Phi) is 4.16. The maximum absolute atomic E-state index is 12.5. The van der Waals surface area contributed by atoms with Crippen LogP contribution in [0.5, 0.6) is 0 Å². The van der Waals surface area contributed by atoms with E-state index in [0.29, 0.717) is 12.8 Å². The van der Waals surface area contributed by atoms with Gasteiger partial charge in [0.1, 0.15) is 5.60 Å². The molecule has 126 valence electrons. The lowest BCUT2D eigenvalue weighted by atomic mass is 9.72. The van der Waals surface area contributed by atoms with Crippen LogP contribution in [0.1, 0.15) is 45.6 Å². The van der Waals surface area contributed by atoms with Gasteiger partial charge < -0.3 is 4.74 Å². The summed E-state index contributed by atoms with van der Waals surface area (Å²) in [4.78, 5) is 18.5. The van der Waals surface area contributed by atoms with Crippen molar-refractivity contribution in [2.75, 3.05) is 0 Å². The van der Waals surface area contributed by atoms with Gasteiger partial charge in [-0.05, 0) is 61.2 Å². The lowest BCUT2D eigenvalue weighted by molar-refractivity contribution is 0.0197. The number of nitriles is 1. The highest BCUT2D eigenvalue weighted by Gasteiger charge is 2.49. The van der Waals surface area contributed by atoms with Crippen LogP contribution in [0, 0.1) is 11.3 Å². The van der Waals surface area contributed by atoms with Crippen LogP contribution in [-0.2, 0) is 10.2 Å². The first-order chi connectivity index (χ1) is 11.2. The Morgan fingerprint density at radius 1 is 1.50 bits per heavy atom. The van der Waals surface area contributed by atoms with Crippen LogP contribution in [0.2, 0.25) is 0 Å². The molecule has 5 nitrogen and oxygen atoms in total. The van der Waals surface area contributed by atoms with Gasteiger partial charge in [0, 0.05) is 35.0 Å². The molecular formula is C18H20BrN3O2. The van der Waals surface area contributed by atoms with E-state index < -0.39 is 11.0 Å². The van der Waals surface area contributed by atoms with E-state index in [1.165, 1.54) is 0 Å². The van der Waals surface area contributed by atoms with Gasteiger partial charge in [0.25, 0.3) is 0 Å². The zero-order valence-corrected chi connectivity index (χ0v) is 15.6. The zero-order chi connectivity index (χ0) is 17.5. The Bertz CT molecular complexity index is 747. The average Bonchev–Trinajstić information content (AvgIpc) is 2.77. The predicted octanol–water partition coefficient (Wildman–Crippen LogP) is 4.29. The molecule has 1 amide bonds. The molecule has 0 saturated carbocycles. The Morgan fingerprint density at radius 3 is 2.83 bits per heavy atom. The van der Waals surface area contributed by atoms with Crippen LogP contribution in [-0.4, -0.2) is 27.6 Å². The summed E-state index contributed by atoms with van der Waals surface area (Å²) >= 11 is 3.43. The highest BCUT2D eigenvalue weighted by Crippen LogP contribution is 2.47. The van der Waals surface area contributed by atoms with E-state index in [2.05, 4.69) is 33.1 Å². The van der Waals surface area contributed by atoms with Crippen molar-refractivity contribution in [3.8, 4) is 6.07 Å². The summed E-state index contributed by atoms with van der Waals surface area (Å²) in [5.74, 6) is 0. The summed E-state index contributed by atoms with van der Waals surface area (Å²) in [6.45, 7) is 5.58. The standard InChI is InChI=1S/C18H20BrN3O2/c1-17(2,3)24-16(23)22-14-4-5-15(22)8-18(7-14,11-20)12-6-13(19)10-21-9-12/h4,6,9-10,15H,5,7-8H2,1-3H3/t15-,18+/m1/s1. The van der Waals surface area contributed by atoms with Gasteiger partial charge >= 0.3 is 6.09 Å². The Balaban J connectivity index is 1.88. The number of hydrogen-bond acceptors (Lipinski definition) is 4. The topological polar surface area (TPSA) is 66.2 Å². The monoisotopic (exact) mass is 389 g/mol. The van der Waals surface area contributed by atoms with Crippen LogP contribution in [0.25, 0.3) is 0 Å². The first-order valence-electron chi connectivity index (χ1n) is 7.98. The van der Waals surface area contributed by atoms with Crippen molar-refractivity contribution in [1.29, 1.82) is 5.26 Å². The van der Waals surface area contributed by atoms with Crippen molar-refractivity contribution in [3.63, 3.8) is 0 Å². The van der Waals surface area contributed by atoms with Crippen LogP contribution < -0.4 is 0 Å². The van der Waals surface area contributed by atoms with Crippen molar-refractivity contribution in [3.05, 3.63) is 40.3 Å². The number of hydrogen-bond donors (Lipinski definition) is 0. The molecule has 2 aliphatic heterocycles. The molecule has 1 aromatic heterocycles. The second-order valence-corrected chi connectivity index (χ2v) is 8.32. The molecule has 0 unspecified atom stereocenters. The van der Waals surface area contributed by atoms with Crippen LogP contribution in [0.15, 0.2) is 34.7 Å². The normalized spacial score (nSPS) is 25.9. The smallest absolute Gasteiger partial charge is 0.414 e. The maximum Gasteiger partial charge on any atom is 0.414 e. The fourth-order valence-corrected chi connectivity index (χ4v) is 3.81. The third-order valence-electron chi connectivity index (χ3n) is 4.43. The first kappa shape index (κ1) is 17.0. The summed E-state index contributed by atoms with van der Waals surface area (Å²) in [5, 5.41) is 9.91. The summed E-state index contributed by atoms with van der Waals surface area (Å²) in [6, 6.07) is 4.39. The SMILES string of the molecule is CC(C)(C)OC(=O)N1C2=CC[C@@H]1C[C@@](C#N)(c1cncc(Br)c1)C2. The highest BCUT2D eigenvalue weighted by atomic mass is 79.9. The van der Waals surface area contributed by atoms with E-state index in [9.17, 15) is 10.1 Å². The van der Waals surface area contributed by atoms with Gasteiger partial charge in [0.05, 0.1) is 11.5 Å². The van der Waals surface area contributed by atoms with E-state index in [0.717, 1.165) is 22.2 Å². The predicted molar refractivity (Wildman–Crippen MR) is 93.0 cm³/mol. The van der Waals surface area contributed by atoms with Gasteiger partial charge in [0.15, 0.2) is 0 Å². The molecule has 1 aromatic rings. The summed E-state index contributed by atoms with van der Waals surface area (Å²) in [7, 11) is 0. The van der Waals surface area contributed by atoms with Gasteiger partial charge in [-0.3, -0.25) is 9.88 Å². The number of ether oxygens (including phenoxy) is 1. The van der Waals surface area contributed by atoms with E-state index in [4.69, 9.17) is 4.74 Å². The van der Waals surface area contributed by atoms with Gasteiger partial charge in [-0.15, -0.1) is 0 Å². The molecule has 1 saturated heterocycles. The van der Waals surface area contributed by atoms with Crippen LogP contribution >= 0.6 is 15.9 Å². The summed E-state index contributed by atoms with van der Waals surface area (Å²) < 4.78 is 6.38. The van der Waals surface area contributed by atoms with Crippen molar-refractivity contribution in [2.24, 2.45) is 0 Å². The van der Waals surface area contributed by atoms with E-state index >= 15 is 0 Å². The number of aromatic nitrogens is 1. The molecule has 0 aliphatic carbocycles. The third kappa shape index (κ3) is 3.05. The van der Waals surface area contributed by atoms with Crippen LogP contribution in [0.3, 0.4) is 0 Å². The van der Waals surface area contributed by atoms with Crippen molar-refractivity contribution >= 4 is 22.0 Å². The number of rotatable bonds is 1. The Labute approximate surface area is 150 Å². The Hall–Kier alpha value is -1.87. The number of pyridine rings is 1. The zero-order valence-electron chi connectivity index (χ0n) is 14.0. The number of halogens is 1. The number of nitrogens with zero attached hydrogens (tertiary/aromatic N) is 3. The molecule has 6 heteroatoms. The number of allylic oxidation sites excluding steroid dienone is 1. The molecule has 3 heterocycles. The summed E-state index contributed by atoms with van der Waals surface area (Å²) in [5.41, 5.74) is 0.584. The molecule has 0 radical (unpaired) electrons. The quantitative estimate of drug-likeness (QED) is 0.718. The number of fused-ring (bicyclic) bond motifs is 2. The fourth-order valence-electron chi connectivity index (χ4n) is 3.45.